The summed E-state index contributed by atoms with van der Waals surface area (Å²) in [6.07, 6.45) is 31.2. The Morgan fingerprint density at radius 2 is 0.783 bits per heavy atom. The Morgan fingerprint density at radius 3 is 1.16 bits per heavy atom. The zero-order valence-corrected chi connectivity index (χ0v) is 58.3. The number of hydrogen-bond acceptors (Lipinski definition) is 18. The maximum absolute atomic E-state index is 6.38. The molecule has 18 heteroatoms. The van der Waals surface area contributed by atoms with Gasteiger partial charge in [-0.1, -0.05) is 51.4 Å². The predicted molar refractivity (Wildman–Crippen MR) is 379 cm³/mol. The maximum Gasteiger partial charge on any atom is 0.227 e. The number of ether oxygens (including phenoxy) is 4. The van der Waals surface area contributed by atoms with Crippen LogP contribution in [0.4, 0.5) is 23.5 Å². The van der Waals surface area contributed by atoms with Crippen molar-refractivity contribution in [1.82, 2.24) is 49.3 Å². The number of aromatic nitrogens is 4. The topological polar surface area (TPSA) is 138 Å². The molecule has 6 saturated heterocycles. The number of rotatable bonds is 24. The maximum atomic E-state index is 6.38. The minimum absolute atomic E-state index is 0.408. The van der Waals surface area contributed by atoms with E-state index in [0.29, 0.717) is 37.4 Å². The Kier molecular flexibility index (Phi) is 26.4. The summed E-state index contributed by atoms with van der Waals surface area (Å²) in [5.74, 6) is 8.42. The summed E-state index contributed by atoms with van der Waals surface area (Å²) in [5, 5.41) is 9.86. The number of hydrogen-bond donors (Lipinski definition) is 2. The molecule has 2 aromatic heterocycles. The normalized spacial score (nSPS) is 22.0. The quantitative estimate of drug-likeness (QED) is 0.0643. The molecule has 8 fully saturated rings. The molecule has 8 aliphatic rings. The van der Waals surface area contributed by atoms with Crippen molar-refractivity contribution in [2.45, 2.75) is 206 Å². The predicted octanol–water partition coefficient (Wildman–Crippen LogP) is 12.5. The highest BCUT2D eigenvalue weighted by atomic mass is 16.5. The summed E-state index contributed by atoms with van der Waals surface area (Å²) in [6, 6.07) is 10.3. The van der Waals surface area contributed by atoms with Gasteiger partial charge in [-0.25, -0.2) is 9.97 Å². The van der Waals surface area contributed by atoms with Gasteiger partial charge in [-0.05, 0) is 181 Å². The average molecular weight is 1270 g/mol. The van der Waals surface area contributed by atoms with E-state index in [1.807, 2.05) is 0 Å². The first-order chi connectivity index (χ1) is 45.1. The molecule has 6 aliphatic heterocycles. The Bertz CT molecular complexity index is 2630. The fourth-order valence-electron chi connectivity index (χ4n) is 16.3. The van der Waals surface area contributed by atoms with Gasteiger partial charge < -0.3 is 59.0 Å². The minimum Gasteiger partial charge on any atom is -0.493 e. The lowest BCUT2D eigenvalue weighted by Crippen LogP contribution is -2.41. The van der Waals surface area contributed by atoms with Gasteiger partial charge in [-0.2, -0.15) is 9.97 Å². The molecule has 0 spiro atoms. The standard InChI is InChI=1S/2C37H61N7O2/c2*1-29(2)43-19-10-20-44(24-23-43)37-39-33-27-35(46-25-11-18-41-16-8-5-9-17-41)34(45-3)26-32(33)36(40-37)38-31-14-21-42(22-15-31)28-30-12-6-4-7-13-30/h2*26-27,29-31H,4-25,28H2,1-3H3,(H,38,39,40). The van der Waals surface area contributed by atoms with Crippen molar-refractivity contribution < 1.29 is 18.9 Å². The molecule has 4 aromatic rings. The van der Waals surface area contributed by atoms with Crippen molar-refractivity contribution >= 4 is 45.3 Å². The highest BCUT2D eigenvalue weighted by Crippen LogP contribution is 2.39. The van der Waals surface area contributed by atoms with Gasteiger partial charge in [0.2, 0.25) is 11.9 Å². The van der Waals surface area contributed by atoms with E-state index in [-0.39, 0.29) is 0 Å². The summed E-state index contributed by atoms with van der Waals surface area (Å²) in [5.41, 5.74) is 1.86. The Balaban J connectivity index is 0.000000188. The summed E-state index contributed by atoms with van der Waals surface area (Å²) in [4.78, 5) is 41.4. The van der Waals surface area contributed by atoms with Crippen LogP contribution in [0, 0.1) is 11.8 Å². The van der Waals surface area contributed by atoms with Crippen molar-refractivity contribution in [3.8, 4) is 23.0 Å². The molecule has 92 heavy (non-hydrogen) atoms. The lowest BCUT2D eigenvalue weighted by molar-refractivity contribution is 0.168. The van der Waals surface area contributed by atoms with E-state index in [2.05, 4.69) is 102 Å². The van der Waals surface area contributed by atoms with Crippen LogP contribution in [-0.4, -0.2) is 232 Å². The first-order valence-corrected chi connectivity index (χ1v) is 37.6. The third-order valence-electron chi connectivity index (χ3n) is 22.0. The number of piperidine rings is 4. The van der Waals surface area contributed by atoms with Gasteiger partial charge in [0.15, 0.2) is 23.0 Å². The highest BCUT2D eigenvalue weighted by molar-refractivity contribution is 5.94. The molecule has 0 atom stereocenters. The average Bonchev–Trinajstić information content (AvgIpc) is 0.947. The smallest absolute Gasteiger partial charge is 0.227 e. The molecule has 12 rings (SSSR count). The van der Waals surface area contributed by atoms with E-state index in [9.17, 15) is 0 Å². The van der Waals surface area contributed by atoms with Crippen LogP contribution in [0.25, 0.3) is 21.8 Å². The molecule has 2 aliphatic carbocycles. The van der Waals surface area contributed by atoms with Crippen LogP contribution < -0.4 is 39.4 Å². The van der Waals surface area contributed by atoms with Crippen molar-refractivity contribution in [1.29, 1.82) is 0 Å². The van der Waals surface area contributed by atoms with Crippen molar-refractivity contribution in [2.24, 2.45) is 11.8 Å². The first kappa shape index (κ1) is 68.7. The van der Waals surface area contributed by atoms with Gasteiger partial charge in [0.1, 0.15) is 11.6 Å². The Morgan fingerprint density at radius 1 is 0.391 bits per heavy atom. The monoisotopic (exact) mass is 1270 g/mol. The Labute approximate surface area is 554 Å². The zero-order valence-electron chi connectivity index (χ0n) is 58.3. The van der Waals surface area contributed by atoms with Crippen molar-refractivity contribution in [3.05, 3.63) is 24.3 Å². The fraction of sp³-hybridized carbons (Fsp3) is 0.784. The third-order valence-corrected chi connectivity index (χ3v) is 22.0. The number of nitrogens with zero attached hydrogens (tertiary/aromatic N) is 12. The number of methoxy groups -OCH3 is 2. The summed E-state index contributed by atoms with van der Waals surface area (Å²) in [6.45, 7) is 33.0. The zero-order chi connectivity index (χ0) is 63.4. The molecule has 0 radical (unpaired) electrons. The number of likely N-dealkylation sites (tertiary alicyclic amines) is 4. The van der Waals surface area contributed by atoms with Crippen LogP contribution in [-0.2, 0) is 0 Å². The van der Waals surface area contributed by atoms with E-state index in [4.69, 9.17) is 38.9 Å². The van der Waals surface area contributed by atoms with E-state index < -0.39 is 0 Å². The first-order valence-electron chi connectivity index (χ1n) is 37.6. The van der Waals surface area contributed by atoms with Gasteiger partial charge in [0.05, 0.1) is 38.5 Å². The lowest BCUT2D eigenvalue weighted by Gasteiger charge is -2.36. The van der Waals surface area contributed by atoms with Gasteiger partial charge in [-0.15, -0.1) is 0 Å². The van der Waals surface area contributed by atoms with Crippen LogP contribution >= 0.6 is 0 Å². The molecule has 512 valence electrons. The summed E-state index contributed by atoms with van der Waals surface area (Å²) >= 11 is 0. The number of nitrogens with one attached hydrogen (secondary N) is 2. The van der Waals surface area contributed by atoms with Gasteiger partial charge in [-0.3, -0.25) is 9.80 Å². The largest absolute Gasteiger partial charge is 0.493 e. The van der Waals surface area contributed by atoms with Gasteiger partial charge >= 0.3 is 0 Å². The van der Waals surface area contributed by atoms with E-state index >= 15 is 0 Å². The molecule has 2 aromatic carbocycles. The minimum atomic E-state index is 0.408. The molecule has 0 bridgehead atoms. The lowest BCUT2D eigenvalue weighted by atomic mass is 9.88. The van der Waals surface area contributed by atoms with Crippen LogP contribution in [0.3, 0.4) is 0 Å². The second-order valence-electron chi connectivity index (χ2n) is 29.4. The molecule has 0 unspecified atom stereocenters. The van der Waals surface area contributed by atoms with Gasteiger partial charge in [0.25, 0.3) is 0 Å². The van der Waals surface area contributed by atoms with E-state index in [1.165, 1.54) is 168 Å². The van der Waals surface area contributed by atoms with Crippen LogP contribution in [0.2, 0.25) is 0 Å². The van der Waals surface area contributed by atoms with Crippen molar-refractivity contribution in [2.75, 3.05) is 179 Å². The second-order valence-corrected chi connectivity index (χ2v) is 29.4. The van der Waals surface area contributed by atoms with Crippen LogP contribution in [0.5, 0.6) is 23.0 Å². The fourth-order valence-corrected chi connectivity index (χ4v) is 16.3. The van der Waals surface area contributed by atoms with Crippen LogP contribution in [0.15, 0.2) is 24.3 Å². The molecule has 18 nitrogen and oxygen atoms in total. The number of fused-ring (bicyclic) bond motifs is 2. The number of anilines is 4. The van der Waals surface area contributed by atoms with Crippen LogP contribution in [0.1, 0.15) is 182 Å². The van der Waals surface area contributed by atoms with Crippen molar-refractivity contribution in [3.63, 3.8) is 0 Å². The number of benzene rings is 2. The van der Waals surface area contributed by atoms with Gasteiger partial charge in [0, 0.05) is 152 Å². The SMILES string of the molecule is COc1cc2c(NC3CCN(CC4CCCCC4)CC3)nc(N3CCCN(C(C)C)CC3)nc2cc1OCCCN1CCCCC1.COc1cc2c(NC3CCN(CC4CCCCC4)CC3)nc(N3CCCN(C(C)C)CC3)nc2cc1OCCCN1CCCCC1. The molecule has 8 heterocycles. The molecule has 2 saturated carbocycles. The highest BCUT2D eigenvalue weighted by Gasteiger charge is 2.29. The van der Waals surface area contributed by atoms with E-state index in [0.717, 1.165) is 197 Å². The van der Waals surface area contributed by atoms with E-state index in [1.54, 1.807) is 14.2 Å². The Hall–Kier alpha value is -4.72. The summed E-state index contributed by atoms with van der Waals surface area (Å²) in [7, 11) is 3.48. The molecule has 0 amide bonds. The second kappa shape index (κ2) is 35.3. The molecule has 2 N–H and O–H groups in total. The third kappa shape index (κ3) is 19.7. The molecular weight excluding hydrogens is 1150 g/mol. The summed E-state index contributed by atoms with van der Waals surface area (Å²) < 4.78 is 24.5. The molecular formula is C74H122N14O4.